The van der Waals surface area contributed by atoms with Gasteiger partial charge in [-0.15, -0.1) is 0 Å². The van der Waals surface area contributed by atoms with Crippen LogP contribution in [0.1, 0.15) is 39.3 Å². The summed E-state index contributed by atoms with van der Waals surface area (Å²) < 4.78 is 5.15. The molecule has 0 saturated heterocycles. The molecule has 25 heavy (non-hydrogen) atoms. The van der Waals surface area contributed by atoms with E-state index >= 15 is 0 Å². The van der Waals surface area contributed by atoms with Crippen LogP contribution in [-0.4, -0.2) is 24.4 Å². The zero-order valence-corrected chi connectivity index (χ0v) is 14.6. The highest BCUT2D eigenvalue weighted by atomic mass is 35.5. The maximum absolute atomic E-state index is 12.6. The third-order valence-corrected chi connectivity index (χ3v) is 4.57. The van der Waals surface area contributed by atoms with Gasteiger partial charge in [-0.05, 0) is 49.9 Å². The number of carbonyl (C=O) groups excluding carboxylic acids is 2. The average molecular weight is 362 g/mol. The molecule has 1 unspecified atom stereocenters. The fourth-order valence-electron chi connectivity index (χ4n) is 2.74. The van der Waals surface area contributed by atoms with Crippen molar-refractivity contribution in [3.05, 3.63) is 52.4 Å². The Morgan fingerprint density at radius 1 is 1.28 bits per heavy atom. The highest BCUT2D eigenvalue weighted by Crippen LogP contribution is 2.32. The average Bonchev–Trinajstić information content (AvgIpc) is 3.33. The first kappa shape index (κ1) is 17.5. The Labute approximate surface area is 150 Å². The molecule has 0 radical (unpaired) electrons. The van der Waals surface area contributed by atoms with Crippen LogP contribution in [0.2, 0.25) is 5.02 Å². The molecule has 1 heterocycles. The number of carbonyl (C=O) groups is 2. The minimum absolute atomic E-state index is 0.0529. The summed E-state index contributed by atoms with van der Waals surface area (Å²) in [5, 5.41) is 6.11. The summed E-state index contributed by atoms with van der Waals surface area (Å²) in [5.74, 6) is 0.300. The van der Waals surface area contributed by atoms with Gasteiger partial charge in [0.15, 0.2) is 0 Å². The van der Waals surface area contributed by atoms with Gasteiger partial charge in [0, 0.05) is 17.6 Å². The highest BCUT2D eigenvalue weighted by Gasteiger charge is 2.31. The SMILES string of the molecule is Cc1occc1C(=O)Nc1cc(Cl)ccc1C(=O)NC(CN)C1CC1. The number of halogens is 1. The Kier molecular flexibility index (Phi) is 5.11. The van der Waals surface area contributed by atoms with Gasteiger partial charge in [-0.1, -0.05) is 11.6 Å². The predicted octanol–water partition coefficient (Wildman–Crippen LogP) is 2.96. The molecule has 1 aliphatic carbocycles. The van der Waals surface area contributed by atoms with E-state index < -0.39 is 0 Å². The van der Waals surface area contributed by atoms with E-state index in [1.165, 1.54) is 6.26 Å². The Hall–Kier alpha value is -2.31. The van der Waals surface area contributed by atoms with Gasteiger partial charge < -0.3 is 20.8 Å². The van der Waals surface area contributed by atoms with Crippen LogP contribution in [0.4, 0.5) is 5.69 Å². The molecule has 4 N–H and O–H groups in total. The van der Waals surface area contributed by atoms with Crippen molar-refractivity contribution in [3.8, 4) is 0 Å². The molecule has 1 atom stereocenters. The highest BCUT2D eigenvalue weighted by molar-refractivity contribution is 6.31. The number of nitrogens with one attached hydrogen (secondary N) is 2. The van der Waals surface area contributed by atoms with Crippen molar-refractivity contribution in [3.63, 3.8) is 0 Å². The number of furan rings is 1. The Balaban J connectivity index is 1.81. The number of anilines is 1. The first-order chi connectivity index (χ1) is 12.0. The second-order valence-corrected chi connectivity index (χ2v) is 6.62. The maximum Gasteiger partial charge on any atom is 0.259 e. The fraction of sp³-hybridized carbons (Fsp3) is 0.333. The fourth-order valence-corrected chi connectivity index (χ4v) is 2.91. The van der Waals surface area contributed by atoms with Crippen LogP contribution in [-0.2, 0) is 0 Å². The summed E-state index contributed by atoms with van der Waals surface area (Å²) in [7, 11) is 0. The summed E-state index contributed by atoms with van der Waals surface area (Å²) in [6.45, 7) is 2.09. The Morgan fingerprint density at radius 2 is 2.04 bits per heavy atom. The van der Waals surface area contributed by atoms with E-state index in [-0.39, 0.29) is 17.9 Å². The van der Waals surface area contributed by atoms with Gasteiger partial charge in [0.25, 0.3) is 11.8 Å². The normalized spacial score (nSPS) is 14.8. The molecule has 1 saturated carbocycles. The van der Waals surface area contributed by atoms with Crippen molar-refractivity contribution in [1.82, 2.24) is 5.32 Å². The van der Waals surface area contributed by atoms with E-state index in [1.54, 1.807) is 31.2 Å². The Bertz CT molecular complexity index is 799. The van der Waals surface area contributed by atoms with Gasteiger partial charge in [0.05, 0.1) is 23.1 Å². The van der Waals surface area contributed by atoms with Crippen LogP contribution in [0.3, 0.4) is 0 Å². The number of nitrogens with two attached hydrogens (primary N) is 1. The minimum Gasteiger partial charge on any atom is -0.469 e. The van der Waals surface area contributed by atoms with E-state index in [9.17, 15) is 9.59 Å². The first-order valence-electron chi connectivity index (χ1n) is 8.15. The number of hydrogen-bond donors (Lipinski definition) is 3. The predicted molar refractivity (Wildman–Crippen MR) is 95.9 cm³/mol. The lowest BCUT2D eigenvalue weighted by Crippen LogP contribution is -2.42. The lowest BCUT2D eigenvalue weighted by molar-refractivity contribution is 0.0934. The first-order valence-corrected chi connectivity index (χ1v) is 8.53. The largest absolute Gasteiger partial charge is 0.469 e. The van der Waals surface area contributed by atoms with Gasteiger partial charge in [0.1, 0.15) is 5.76 Å². The van der Waals surface area contributed by atoms with Crippen molar-refractivity contribution in [2.45, 2.75) is 25.8 Å². The number of benzene rings is 1. The van der Waals surface area contributed by atoms with Crippen LogP contribution in [0, 0.1) is 12.8 Å². The standard InChI is InChI=1S/C18H20ClN3O3/c1-10-13(6-7-25-10)17(23)21-15-8-12(19)4-5-14(15)18(24)22-16(9-20)11-2-3-11/h4-8,11,16H,2-3,9,20H2,1H3,(H,21,23)(H,22,24). The number of hydrogen-bond acceptors (Lipinski definition) is 4. The molecule has 7 heteroatoms. The third kappa shape index (κ3) is 4.03. The molecule has 1 aromatic carbocycles. The number of amides is 2. The van der Waals surface area contributed by atoms with E-state index in [2.05, 4.69) is 10.6 Å². The lowest BCUT2D eigenvalue weighted by Gasteiger charge is -2.18. The molecule has 1 aliphatic rings. The molecular weight excluding hydrogens is 342 g/mol. The van der Waals surface area contributed by atoms with Crippen molar-refractivity contribution >= 4 is 29.1 Å². The topological polar surface area (TPSA) is 97.4 Å². The zero-order valence-electron chi connectivity index (χ0n) is 13.8. The smallest absolute Gasteiger partial charge is 0.259 e. The van der Waals surface area contributed by atoms with Crippen LogP contribution in [0.15, 0.2) is 34.9 Å². The molecule has 1 fully saturated rings. The summed E-state index contributed by atoms with van der Waals surface area (Å²) in [6, 6.07) is 6.29. The molecule has 3 rings (SSSR count). The van der Waals surface area contributed by atoms with E-state index in [0.717, 1.165) is 12.8 Å². The third-order valence-electron chi connectivity index (χ3n) is 4.34. The molecule has 2 amide bonds. The Morgan fingerprint density at radius 3 is 2.64 bits per heavy atom. The number of aryl methyl sites for hydroxylation is 1. The number of rotatable bonds is 6. The quantitative estimate of drug-likeness (QED) is 0.736. The molecule has 1 aromatic heterocycles. The van der Waals surface area contributed by atoms with E-state index in [1.807, 2.05) is 0 Å². The van der Waals surface area contributed by atoms with E-state index in [0.29, 0.717) is 40.1 Å². The van der Waals surface area contributed by atoms with Gasteiger partial charge in [-0.25, -0.2) is 0 Å². The molecular formula is C18H20ClN3O3. The molecule has 6 nitrogen and oxygen atoms in total. The second kappa shape index (κ2) is 7.29. The minimum atomic E-state index is -0.361. The molecule has 132 valence electrons. The molecule has 2 aromatic rings. The van der Waals surface area contributed by atoms with Gasteiger partial charge >= 0.3 is 0 Å². The summed E-state index contributed by atoms with van der Waals surface area (Å²) in [6.07, 6.45) is 3.59. The van der Waals surface area contributed by atoms with E-state index in [4.69, 9.17) is 21.8 Å². The summed E-state index contributed by atoms with van der Waals surface area (Å²) in [4.78, 5) is 25.0. The monoisotopic (exact) mass is 361 g/mol. The van der Waals surface area contributed by atoms with Crippen molar-refractivity contribution in [1.29, 1.82) is 0 Å². The molecule has 0 aliphatic heterocycles. The van der Waals surface area contributed by atoms with Gasteiger partial charge in [0.2, 0.25) is 0 Å². The van der Waals surface area contributed by atoms with Crippen molar-refractivity contribution in [2.75, 3.05) is 11.9 Å². The molecule has 0 spiro atoms. The molecule has 0 bridgehead atoms. The van der Waals surface area contributed by atoms with Gasteiger partial charge in [-0.2, -0.15) is 0 Å². The van der Waals surface area contributed by atoms with Crippen LogP contribution >= 0.6 is 11.6 Å². The van der Waals surface area contributed by atoms with Crippen molar-refractivity contribution < 1.29 is 14.0 Å². The summed E-state index contributed by atoms with van der Waals surface area (Å²) >= 11 is 6.03. The summed E-state index contributed by atoms with van der Waals surface area (Å²) in [5.41, 5.74) is 6.85. The second-order valence-electron chi connectivity index (χ2n) is 6.19. The maximum atomic E-state index is 12.6. The van der Waals surface area contributed by atoms with Gasteiger partial charge in [-0.3, -0.25) is 9.59 Å². The van der Waals surface area contributed by atoms with Crippen LogP contribution < -0.4 is 16.4 Å². The lowest BCUT2D eigenvalue weighted by atomic mass is 10.1. The van der Waals surface area contributed by atoms with Crippen LogP contribution in [0.25, 0.3) is 0 Å². The van der Waals surface area contributed by atoms with Crippen molar-refractivity contribution in [2.24, 2.45) is 11.7 Å². The van der Waals surface area contributed by atoms with Crippen LogP contribution in [0.5, 0.6) is 0 Å². The zero-order chi connectivity index (χ0) is 18.0.